The Balaban J connectivity index is 2.43. The predicted molar refractivity (Wildman–Crippen MR) is 46.7 cm³/mol. The predicted octanol–water partition coefficient (Wildman–Crippen LogP) is 1.90. The number of hydrogen-bond donors (Lipinski definition) is 0. The van der Waals surface area contributed by atoms with Crippen LogP contribution in [0.1, 0.15) is 12.8 Å². The van der Waals surface area contributed by atoms with Crippen molar-refractivity contribution in [3.05, 3.63) is 0 Å². The Kier molecular flexibility index (Phi) is 2.38. The molecule has 52 valence electrons. The minimum Gasteiger partial charge on any atom is -0.213 e. The first-order chi connectivity index (χ1) is 4.27. The van der Waals surface area contributed by atoms with Gasteiger partial charge in [-0.1, -0.05) is 8.44 Å². The minimum atomic E-state index is -0.498. The van der Waals surface area contributed by atoms with Gasteiger partial charge in [-0.25, -0.2) is 9.65 Å². The van der Waals surface area contributed by atoms with Crippen LogP contribution in [0.5, 0.6) is 0 Å². The van der Waals surface area contributed by atoms with E-state index in [9.17, 15) is 0 Å². The topological polar surface area (TPSA) is 23.8 Å². The molecule has 1 atom stereocenters. The van der Waals surface area contributed by atoms with Crippen LogP contribution in [0.15, 0.2) is 0 Å². The summed E-state index contributed by atoms with van der Waals surface area (Å²) in [7, 11) is 2.41. The Labute approximate surface area is 60.1 Å². The number of nitrogens with zero attached hydrogens (tertiary/aromatic N) is 1. The van der Waals surface area contributed by atoms with E-state index in [-0.39, 0.29) is 0 Å². The van der Waals surface area contributed by atoms with Gasteiger partial charge >= 0.3 is 0 Å². The van der Waals surface area contributed by atoms with Crippen molar-refractivity contribution in [2.24, 2.45) is 0 Å². The first-order valence-electron chi connectivity index (χ1n) is 3.18. The third kappa shape index (κ3) is 1.85. The summed E-state index contributed by atoms with van der Waals surface area (Å²) >= 11 is 0. The SMILES string of the molecule is N#CCS1(P)CCCC1. The van der Waals surface area contributed by atoms with Gasteiger partial charge in [-0.15, -0.1) is 0 Å². The molecule has 0 spiro atoms. The van der Waals surface area contributed by atoms with E-state index in [2.05, 4.69) is 14.5 Å². The molecule has 1 unspecified atom stereocenters. The van der Waals surface area contributed by atoms with Crippen LogP contribution >= 0.6 is 18.1 Å². The highest BCUT2D eigenvalue weighted by Gasteiger charge is 2.22. The van der Waals surface area contributed by atoms with Crippen LogP contribution in [-0.2, 0) is 0 Å². The molecule has 3 heteroatoms. The van der Waals surface area contributed by atoms with E-state index in [1.165, 1.54) is 24.3 Å². The summed E-state index contributed by atoms with van der Waals surface area (Å²) in [4.78, 5) is 0. The molecule has 0 aromatic heterocycles. The third-order valence-corrected chi connectivity index (χ3v) is 6.53. The summed E-state index contributed by atoms with van der Waals surface area (Å²) in [5.74, 6) is 3.42. The van der Waals surface area contributed by atoms with Crippen molar-refractivity contribution in [3.8, 4) is 6.07 Å². The standard InChI is InChI=1S/C6H12NPS/c7-3-6-9(8)4-1-2-5-9/h1-2,4-6,8H2. The summed E-state index contributed by atoms with van der Waals surface area (Å²) in [6, 6.07) is 2.27. The Morgan fingerprint density at radius 2 is 2.00 bits per heavy atom. The maximum Gasteiger partial charge on any atom is 0.0718 e. The van der Waals surface area contributed by atoms with E-state index in [1.807, 2.05) is 0 Å². The molecule has 0 saturated carbocycles. The second kappa shape index (κ2) is 2.90. The molecule has 1 aliphatic rings. The molecular weight excluding hydrogens is 149 g/mol. The van der Waals surface area contributed by atoms with Gasteiger partial charge in [0.1, 0.15) is 0 Å². The van der Waals surface area contributed by atoms with E-state index in [1.54, 1.807) is 0 Å². The first-order valence-corrected chi connectivity index (χ1v) is 6.80. The Hall–Kier alpha value is 0.270. The van der Waals surface area contributed by atoms with Crippen molar-refractivity contribution >= 4 is 18.1 Å². The van der Waals surface area contributed by atoms with Crippen molar-refractivity contribution in [2.45, 2.75) is 12.8 Å². The zero-order valence-corrected chi connectivity index (χ0v) is 7.44. The van der Waals surface area contributed by atoms with Crippen molar-refractivity contribution in [1.29, 1.82) is 5.26 Å². The van der Waals surface area contributed by atoms with Crippen LogP contribution in [-0.4, -0.2) is 17.3 Å². The van der Waals surface area contributed by atoms with Crippen LogP contribution < -0.4 is 0 Å². The molecule has 1 nitrogen and oxygen atoms in total. The normalized spacial score (nSPS) is 27.1. The van der Waals surface area contributed by atoms with Crippen molar-refractivity contribution in [1.82, 2.24) is 0 Å². The second-order valence-electron chi connectivity index (χ2n) is 2.53. The van der Waals surface area contributed by atoms with Crippen molar-refractivity contribution in [2.75, 3.05) is 17.3 Å². The van der Waals surface area contributed by atoms with E-state index < -0.39 is 9.65 Å². The molecule has 1 heterocycles. The van der Waals surface area contributed by atoms with Gasteiger partial charge in [0.05, 0.1) is 11.8 Å². The lowest BCUT2D eigenvalue weighted by Gasteiger charge is -2.25. The molecule has 1 fully saturated rings. The second-order valence-corrected chi connectivity index (χ2v) is 8.86. The van der Waals surface area contributed by atoms with Crippen molar-refractivity contribution in [3.63, 3.8) is 0 Å². The highest BCUT2D eigenvalue weighted by molar-refractivity contribution is 8.68. The molecule has 0 aliphatic carbocycles. The summed E-state index contributed by atoms with van der Waals surface area (Å²) in [6.07, 6.45) is 2.70. The average Bonchev–Trinajstić information content (AvgIpc) is 2.16. The molecule has 9 heavy (non-hydrogen) atoms. The lowest BCUT2D eigenvalue weighted by atomic mass is 10.4. The quantitative estimate of drug-likeness (QED) is 0.539. The summed E-state index contributed by atoms with van der Waals surface area (Å²) in [6.45, 7) is 0. The molecular formula is C6H12NPS. The van der Waals surface area contributed by atoms with Crippen LogP contribution in [0.25, 0.3) is 0 Å². The largest absolute Gasteiger partial charge is 0.213 e. The van der Waals surface area contributed by atoms with E-state index in [4.69, 9.17) is 5.26 Å². The molecule has 0 aromatic rings. The molecule has 1 aliphatic heterocycles. The summed E-state index contributed by atoms with van der Waals surface area (Å²) in [5, 5.41) is 8.45. The smallest absolute Gasteiger partial charge is 0.0718 e. The van der Waals surface area contributed by atoms with Crippen LogP contribution in [0.2, 0.25) is 0 Å². The monoisotopic (exact) mass is 161 g/mol. The lowest BCUT2D eigenvalue weighted by molar-refractivity contribution is 0.949. The van der Waals surface area contributed by atoms with Crippen molar-refractivity contribution < 1.29 is 0 Å². The summed E-state index contributed by atoms with van der Waals surface area (Å²) < 4.78 is 0. The molecule has 1 saturated heterocycles. The average molecular weight is 161 g/mol. The number of rotatable bonds is 1. The van der Waals surface area contributed by atoms with E-state index in [0.717, 1.165) is 5.75 Å². The highest BCUT2D eigenvalue weighted by Crippen LogP contribution is 2.60. The molecule has 1 rings (SSSR count). The molecule has 0 N–H and O–H groups in total. The zero-order chi connectivity index (χ0) is 6.74. The van der Waals surface area contributed by atoms with Gasteiger partial charge in [0.15, 0.2) is 0 Å². The fraction of sp³-hybridized carbons (Fsp3) is 0.833. The van der Waals surface area contributed by atoms with Gasteiger partial charge in [-0.2, -0.15) is 5.26 Å². The van der Waals surface area contributed by atoms with Crippen LogP contribution in [0.4, 0.5) is 0 Å². The molecule has 0 bridgehead atoms. The fourth-order valence-electron chi connectivity index (χ4n) is 1.15. The van der Waals surface area contributed by atoms with E-state index >= 15 is 0 Å². The van der Waals surface area contributed by atoms with E-state index in [0.29, 0.717) is 0 Å². The van der Waals surface area contributed by atoms with Crippen LogP contribution in [0, 0.1) is 11.3 Å². The number of nitriles is 1. The maximum absolute atomic E-state index is 8.45. The highest BCUT2D eigenvalue weighted by atomic mass is 32.8. The van der Waals surface area contributed by atoms with Crippen LogP contribution in [0.3, 0.4) is 0 Å². The van der Waals surface area contributed by atoms with Gasteiger partial charge in [0.25, 0.3) is 0 Å². The Morgan fingerprint density at radius 3 is 2.44 bits per heavy atom. The lowest BCUT2D eigenvalue weighted by Crippen LogP contribution is -1.95. The Bertz CT molecular complexity index is 134. The molecule has 0 amide bonds. The number of hydrogen-bond acceptors (Lipinski definition) is 1. The van der Waals surface area contributed by atoms with Gasteiger partial charge in [0.2, 0.25) is 0 Å². The summed E-state index contributed by atoms with van der Waals surface area (Å²) in [5.41, 5.74) is 0. The molecule has 0 radical (unpaired) electrons. The van der Waals surface area contributed by atoms with Gasteiger partial charge < -0.3 is 0 Å². The fourth-order valence-corrected chi connectivity index (χ4v) is 4.69. The first kappa shape index (κ1) is 7.38. The maximum atomic E-state index is 8.45. The van der Waals surface area contributed by atoms with Gasteiger partial charge in [-0.3, -0.25) is 0 Å². The van der Waals surface area contributed by atoms with Gasteiger partial charge in [-0.05, 0) is 24.3 Å². The Morgan fingerprint density at radius 1 is 1.44 bits per heavy atom. The third-order valence-electron chi connectivity index (χ3n) is 1.70. The van der Waals surface area contributed by atoms with Gasteiger partial charge in [0, 0.05) is 0 Å². The zero-order valence-electron chi connectivity index (χ0n) is 5.47. The minimum absolute atomic E-state index is 0.498. The molecule has 0 aromatic carbocycles.